The molecular formula is C48H80Cl2Si4Zr2-2. The van der Waals surface area contributed by atoms with Crippen LogP contribution in [0.15, 0.2) is 91.7 Å². The Kier molecular flexibility index (Phi) is 25.5. The first-order valence-corrected chi connectivity index (χ1v) is 33.1. The van der Waals surface area contributed by atoms with E-state index in [1.54, 1.807) is 116 Å². The molecule has 0 aromatic heterocycles. The van der Waals surface area contributed by atoms with Crippen LogP contribution in [0.3, 0.4) is 0 Å². The van der Waals surface area contributed by atoms with Gasteiger partial charge in [0.2, 0.25) is 0 Å². The van der Waals surface area contributed by atoms with Crippen LogP contribution in [0.25, 0.3) is 0 Å². The molecule has 0 amide bonds. The second kappa shape index (κ2) is 25.9. The number of hydrogen-bond acceptors (Lipinski definition) is 0. The van der Waals surface area contributed by atoms with Gasteiger partial charge in [0, 0.05) is 52.4 Å². The zero-order valence-corrected chi connectivity index (χ0v) is 47.8. The van der Waals surface area contributed by atoms with E-state index in [1.807, 2.05) is 0 Å². The van der Waals surface area contributed by atoms with Crippen LogP contribution < -0.4 is 24.8 Å². The van der Waals surface area contributed by atoms with Gasteiger partial charge in [0.05, 0.1) is 32.3 Å². The van der Waals surface area contributed by atoms with Crippen LogP contribution in [0.4, 0.5) is 0 Å². The average molecular weight is 1020 g/mol. The van der Waals surface area contributed by atoms with Gasteiger partial charge in [-0.1, -0.05) is 243 Å². The summed E-state index contributed by atoms with van der Waals surface area (Å²) in [6.07, 6.45) is 36.7. The molecular weight excluding hydrogens is 942 g/mol. The van der Waals surface area contributed by atoms with Crippen molar-refractivity contribution in [1.29, 1.82) is 0 Å². The Bertz CT molecular complexity index is 1270. The first-order chi connectivity index (χ1) is 25.1. The van der Waals surface area contributed by atoms with Gasteiger partial charge in [-0.2, -0.15) is 0 Å². The second-order valence-electron chi connectivity index (χ2n) is 19.0. The van der Waals surface area contributed by atoms with Crippen molar-refractivity contribution in [1.82, 2.24) is 0 Å². The van der Waals surface area contributed by atoms with E-state index in [2.05, 4.69) is 104 Å². The molecule has 8 aliphatic rings. The van der Waals surface area contributed by atoms with Gasteiger partial charge in [0.25, 0.3) is 0 Å². The van der Waals surface area contributed by atoms with E-state index in [0.29, 0.717) is 0 Å². The minimum absolute atomic E-state index is 0. The molecule has 56 heavy (non-hydrogen) atoms. The van der Waals surface area contributed by atoms with E-state index in [-0.39, 0.29) is 77.2 Å². The quantitative estimate of drug-likeness (QED) is 0.171. The van der Waals surface area contributed by atoms with Crippen molar-refractivity contribution in [2.24, 2.45) is 0 Å². The smallest absolute Gasteiger partial charge is 0.0862 e. The van der Waals surface area contributed by atoms with E-state index in [9.17, 15) is 0 Å². The third-order valence-corrected chi connectivity index (χ3v) is 37.4. The Labute approximate surface area is 402 Å². The number of hydrogen-bond donors (Lipinski definition) is 0. The van der Waals surface area contributed by atoms with Gasteiger partial charge in [-0.25, -0.2) is 0 Å². The molecule has 8 heteroatoms. The molecule has 8 rings (SSSR count). The average Bonchev–Trinajstić information content (AvgIpc) is 3.88. The summed E-state index contributed by atoms with van der Waals surface area (Å²) in [5, 5.41) is 7.22. The van der Waals surface area contributed by atoms with E-state index in [4.69, 9.17) is 0 Å². The van der Waals surface area contributed by atoms with Crippen molar-refractivity contribution in [3.8, 4) is 0 Å². The molecule has 0 spiro atoms. The van der Waals surface area contributed by atoms with Gasteiger partial charge < -0.3 is 24.8 Å². The summed E-state index contributed by atoms with van der Waals surface area (Å²) in [5.41, 5.74) is 6.35. The van der Waals surface area contributed by atoms with E-state index < -0.39 is 32.3 Å². The summed E-state index contributed by atoms with van der Waals surface area (Å²) in [5.74, 6) is 0. The van der Waals surface area contributed by atoms with Crippen LogP contribution in [0.5, 0.6) is 0 Å². The molecule has 0 unspecified atom stereocenters. The van der Waals surface area contributed by atoms with E-state index in [1.165, 1.54) is 77.0 Å². The van der Waals surface area contributed by atoms with Crippen molar-refractivity contribution >= 4 is 32.3 Å². The molecule has 0 aromatic carbocycles. The van der Waals surface area contributed by atoms with Crippen molar-refractivity contribution in [2.45, 2.75) is 205 Å². The van der Waals surface area contributed by atoms with Crippen molar-refractivity contribution in [3.63, 3.8) is 0 Å². The molecule has 0 radical (unpaired) electrons. The maximum Gasteiger partial charge on any atom is 0.0862 e. The Hall–Kier alpha value is 1.13. The third kappa shape index (κ3) is 13.6. The zero-order valence-electron chi connectivity index (χ0n) is 37.3. The standard InChI is InChI=1S/4C12H20Si.2ClH.2Zr/c4*1-3-7-13(8-4-9-13)12-6-5-11(2)10-12;;;;/h4*6,10H,3-5,7-9H2,1-2H3;2*1H;;/p-2. The molecule has 0 nitrogen and oxygen atoms in total. The molecule has 0 bridgehead atoms. The molecule has 4 fully saturated rings. The normalized spacial score (nSPS) is 23.3. The molecule has 0 N–H and O–H groups in total. The molecule has 4 aliphatic carbocycles. The van der Waals surface area contributed by atoms with Crippen molar-refractivity contribution in [3.05, 3.63) is 91.7 Å². The number of allylic oxidation sites excluding steroid dienone is 16. The van der Waals surface area contributed by atoms with Crippen LogP contribution in [0.2, 0.25) is 72.5 Å². The molecule has 0 aromatic rings. The van der Waals surface area contributed by atoms with Gasteiger partial charge in [-0.05, 0) is 53.4 Å². The van der Waals surface area contributed by atoms with Gasteiger partial charge in [0.15, 0.2) is 0 Å². The maximum atomic E-state index is 2.52. The monoisotopic (exact) mass is 1020 g/mol. The van der Waals surface area contributed by atoms with Crippen LogP contribution in [0.1, 0.15) is 132 Å². The fourth-order valence-corrected chi connectivity index (χ4v) is 29.6. The minimum Gasteiger partial charge on any atom is -1.00 e. The van der Waals surface area contributed by atoms with Gasteiger partial charge in [0.1, 0.15) is 0 Å². The van der Waals surface area contributed by atoms with Crippen LogP contribution in [-0.4, -0.2) is 32.3 Å². The minimum atomic E-state index is -0.867. The van der Waals surface area contributed by atoms with E-state index in [0.717, 1.165) is 0 Å². The second-order valence-corrected chi connectivity index (χ2v) is 37.5. The first-order valence-electron chi connectivity index (χ1n) is 22.6. The summed E-state index contributed by atoms with van der Waals surface area (Å²) in [6, 6.07) is 18.8. The molecule has 312 valence electrons. The molecule has 0 atom stereocenters. The van der Waals surface area contributed by atoms with Gasteiger partial charge >= 0.3 is 0 Å². The predicted octanol–water partition coefficient (Wildman–Crippen LogP) is 10.3. The van der Waals surface area contributed by atoms with Crippen LogP contribution in [0, 0.1) is 0 Å². The summed E-state index contributed by atoms with van der Waals surface area (Å²) in [4.78, 5) is 0. The van der Waals surface area contributed by atoms with Gasteiger partial charge in [-0.15, -0.1) is 0 Å². The van der Waals surface area contributed by atoms with Crippen molar-refractivity contribution < 1.29 is 77.2 Å². The van der Waals surface area contributed by atoms with Gasteiger partial charge in [-0.3, -0.25) is 0 Å². The van der Waals surface area contributed by atoms with E-state index >= 15 is 0 Å². The topological polar surface area (TPSA) is 0 Å². The number of rotatable bonds is 12. The number of halogens is 2. The largest absolute Gasteiger partial charge is 1.00 e. The van der Waals surface area contributed by atoms with Crippen LogP contribution in [-0.2, 0) is 52.4 Å². The maximum absolute atomic E-state index is 2.52. The SMILES string of the molecule is CCC[Si]1(C2=CCC(C)=C2)CCC1.CCC[Si]1(C2=CCC(C)=C2)CCC1.CCC[Si]1(C2=CCC(C)=C2)CCC1.CCC[Si]1(C2=CCC(C)=C2)CCC1.[Cl-].[Cl-].[Zr].[Zr]. The third-order valence-electron chi connectivity index (χ3n) is 14.8. The summed E-state index contributed by atoms with van der Waals surface area (Å²) in [7, 11) is -3.47. The Morgan fingerprint density at radius 3 is 0.625 bits per heavy atom. The fraction of sp³-hybridized carbons (Fsp3) is 0.667. The Morgan fingerprint density at radius 1 is 0.357 bits per heavy atom. The summed E-state index contributed by atoms with van der Waals surface area (Å²) in [6.45, 7) is 18.5. The molecule has 0 saturated carbocycles. The Balaban J connectivity index is 0.000000365. The Morgan fingerprint density at radius 2 is 0.536 bits per heavy atom. The molecule has 4 saturated heterocycles. The summed E-state index contributed by atoms with van der Waals surface area (Å²) < 4.78 is 0. The fourth-order valence-electron chi connectivity index (χ4n) is 11.2. The summed E-state index contributed by atoms with van der Waals surface area (Å²) >= 11 is 0. The van der Waals surface area contributed by atoms with Crippen molar-refractivity contribution in [2.75, 3.05) is 0 Å². The molecule has 4 heterocycles. The predicted molar refractivity (Wildman–Crippen MR) is 246 cm³/mol. The van der Waals surface area contributed by atoms with Crippen LogP contribution >= 0.6 is 0 Å². The first kappa shape index (κ1) is 55.2. The zero-order chi connectivity index (χ0) is 37.2. The molecule has 4 aliphatic heterocycles.